The minimum absolute atomic E-state index is 0.0870. The summed E-state index contributed by atoms with van der Waals surface area (Å²) in [4.78, 5) is 16.2. The molecule has 3 rings (SSSR count). The second-order valence-electron chi connectivity index (χ2n) is 5.56. The van der Waals surface area contributed by atoms with E-state index in [-0.39, 0.29) is 28.3 Å². The van der Waals surface area contributed by atoms with Gasteiger partial charge in [0.25, 0.3) is 5.91 Å². The minimum atomic E-state index is -4.60. The quantitative estimate of drug-likeness (QED) is 0.677. The number of aryl methyl sites for hydroxylation is 1. The Bertz CT molecular complexity index is 1020. The molecule has 10 heteroatoms. The number of anilines is 2. The Hall–Kier alpha value is -3.07. The van der Waals surface area contributed by atoms with E-state index in [2.05, 4.69) is 15.5 Å². The van der Waals surface area contributed by atoms with Crippen LogP contribution in [0.5, 0.6) is 0 Å². The van der Waals surface area contributed by atoms with Crippen molar-refractivity contribution < 1.29 is 22.5 Å². The van der Waals surface area contributed by atoms with Gasteiger partial charge in [0.05, 0.1) is 16.3 Å². The second-order valence-corrected chi connectivity index (χ2v) is 5.94. The van der Waals surface area contributed by atoms with Crippen LogP contribution in [0.15, 0.2) is 41.1 Å². The molecule has 0 atom stereocenters. The van der Waals surface area contributed by atoms with E-state index >= 15 is 0 Å². The lowest BCUT2D eigenvalue weighted by Gasteiger charge is -2.14. The first-order valence-electron chi connectivity index (χ1n) is 7.53. The molecule has 0 aliphatic rings. The molecule has 1 aromatic carbocycles. The van der Waals surface area contributed by atoms with Gasteiger partial charge in [-0.05, 0) is 25.1 Å². The van der Waals surface area contributed by atoms with Crippen molar-refractivity contribution in [2.45, 2.75) is 13.1 Å². The summed E-state index contributed by atoms with van der Waals surface area (Å²) in [5.74, 6) is -0.480. The number of halogens is 4. The van der Waals surface area contributed by atoms with Crippen LogP contribution < -0.4 is 11.1 Å². The van der Waals surface area contributed by atoms with Crippen molar-refractivity contribution >= 4 is 29.1 Å². The van der Waals surface area contributed by atoms with Gasteiger partial charge in [-0.15, -0.1) is 0 Å². The third-order valence-electron chi connectivity index (χ3n) is 3.76. The molecule has 3 N–H and O–H groups in total. The maximum Gasteiger partial charge on any atom is 0.417 e. The molecule has 0 saturated carbocycles. The Labute approximate surface area is 156 Å². The molecule has 140 valence electrons. The number of amides is 1. The van der Waals surface area contributed by atoms with Gasteiger partial charge in [0.2, 0.25) is 0 Å². The number of hydrogen-bond donors (Lipinski definition) is 2. The molecule has 0 radical (unpaired) electrons. The van der Waals surface area contributed by atoms with Crippen LogP contribution in [0.1, 0.15) is 21.6 Å². The smallest absolute Gasteiger partial charge is 0.383 e. The van der Waals surface area contributed by atoms with Gasteiger partial charge >= 0.3 is 6.18 Å². The fraction of sp³-hybridized carbons (Fsp3) is 0.118. The van der Waals surface area contributed by atoms with Crippen LogP contribution in [-0.4, -0.2) is 16.0 Å². The van der Waals surface area contributed by atoms with Crippen LogP contribution in [0.4, 0.5) is 24.8 Å². The Morgan fingerprint density at radius 2 is 1.96 bits per heavy atom. The van der Waals surface area contributed by atoms with Crippen molar-refractivity contribution in [2.75, 3.05) is 11.1 Å². The Kier molecular flexibility index (Phi) is 4.79. The van der Waals surface area contributed by atoms with E-state index in [9.17, 15) is 18.0 Å². The van der Waals surface area contributed by atoms with Gasteiger partial charge in [-0.25, -0.2) is 4.98 Å². The molecule has 6 nitrogen and oxygen atoms in total. The van der Waals surface area contributed by atoms with Gasteiger partial charge in [-0.3, -0.25) is 4.79 Å². The minimum Gasteiger partial charge on any atom is -0.383 e. The monoisotopic (exact) mass is 396 g/mol. The molecular formula is C17H12ClF3N4O2. The number of benzene rings is 1. The van der Waals surface area contributed by atoms with Crippen molar-refractivity contribution in [3.63, 3.8) is 0 Å². The molecule has 0 bridgehead atoms. The molecule has 0 unspecified atom stereocenters. The number of nitrogens with two attached hydrogens (primary N) is 1. The van der Waals surface area contributed by atoms with Gasteiger partial charge in [0.1, 0.15) is 23.5 Å². The number of pyridine rings is 1. The van der Waals surface area contributed by atoms with Crippen LogP contribution in [0.25, 0.3) is 11.1 Å². The zero-order chi connectivity index (χ0) is 19.8. The molecule has 27 heavy (non-hydrogen) atoms. The van der Waals surface area contributed by atoms with E-state index in [1.165, 1.54) is 30.5 Å². The van der Waals surface area contributed by atoms with E-state index in [1.807, 2.05) is 0 Å². The van der Waals surface area contributed by atoms with Gasteiger partial charge in [0, 0.05) is 11.1 Å². The van der Waals surface area contributed by atoms with Gasteiger partial charge in [-0.2, -0.15) is 13.2 Å². The van der Waals surface area contributed by atoms with Crippen LogP contribution in [0.2, 0.25) is 5.02 Å². The van der Waals surface area contributed by atoms with Crippen molar-refractivity contribution in [1.82, 2.24) is 10.1 Å². The third kappa shape index (κ3) is 3.72. The molecular weight excluding hydrogens is 385 g/mol. The fourth-order valence-corrected chi connectivity index (χ4v) is 2.76. The molecule has 2 aromatic heterocycles. The lowest BCUT2D eigenvalue weighted by Crippen LogP contribution is -2.14. The van der Waals surface area contributed by atoms with Crippen molar-refractivity contribution in [1.29, 1.82) is 0 Å². The van der Waals surface area contributed by atoms with Crippen LogP contribution in [0.3, 0.4) is 0 Å². The van der Waals surface area contributed by atoms with Gasteiger partial charge in [0.15, 0.2) is 0 Å². The SMILES string of the molecule is Cc1nocc1C(=O)Nc1ccc(-c2cccc(C(F)(F)F)c2Cl)c(N)n1. The zero-order valence-electron chi connectivity index (χ0n) is 13.8. The van der Waals surface area contributed by atoms with Crippen LogP contribution in [0, 0.1) is 6.92 Å². The third-order valence-corrected chi connectivity index (χ3v) is 4.16. The molecule has 3 aromatic rings. The summed E-state index contributed by atoms with van der Waals surface area (Å²) in [5.41, 5.74) is 5.82. The number of nitrogen functional groups attached to an aromatic ring is 1. The number of aromatic nitrogens is 2. The summed E-state index contributed by atoms with van der Waals surface area (Å²) in [6, 6.07) is 6.35. The first-order chi connectivity index (χ1) is 12.7. The topological polar surface area (TPSA) is 94.0 Å². The van der Waals surface area contributed by atoms with E-state index in [4.69, 9.17) is 21.9 Å². The lowest BCUT2D eigenvalue weighted by atomic mass is 10.0. The van der Waals surface area contributed by atoms with Gasteiger partial charge < -0.3 is 15.6 Å². The molecule has 0 spiro atoms. The predicted molar refractivity (Wildman–Crippen MR) is 93.3 cm³/mol. The summed E-state index contributed by atoms with van der Waals surface area (Å²) >= 11 is 5.92. The summed E-state index contributed by atoms with van der Waals surface area (Å²) in [5, 5.41) is 5.64. The zero-order valence-corrected chi connectivity index (χ0v) is 14.5. The van der Waals surface area contributed by atoms with E-state index in [1.54, 1.807) is 6.92 Å². The van der Waals surface area contributed by atoms with Crippen molar-refractivity contribution in [3.05, 3.63) is 58.4 Å². The first kappa shape index (κ1) is 18.7. The van der Waals surface area contributed by atoms with Crippen LogP contribution >= 0.6 is 11.6 Å². The summed E-state index contributed by atoms with van der Waals surface area (Å²) in [6.45, 7) is 1.60. The molecule has 1 amide bonds. The van der Waals surface area contributed by atoms with Crippen molar-refractivity contribution in [3.8, 4) is 11.1 Å². The Morgan fingerprint density at radius 3 is 2.56 bits per heavy atom. The number of alkyl halides is 3. The maximum atomic E-state index is 13.0. The summed E-state index contributed by atoms with van der Waals surface area (Å²) < 4.78 is 43.8. The number of carbonyl (C=O) groups is 1. The van der Waals surface area contributed by atoms with E-state index < -0.39 is 22.7 Å². The Morgan fingerprint density at radius 1 is 1.22 bits per heavy atom. The number of rotatable bonds is 3. The highest BCUT2D eigenvalue weighted by atomic mass is 35.5. The highest BCUT2D eigenvalue weighted by Gasteiger charge is 2.34. The molecule has 0 aliphatic carbocycles. The highest BCUT2D eigenvalue weighted by molar-refractivity contribution is 6.34. The molecule has 0 fully saturated rings. The molecule has 0 aliphatic heterocycles. The number of nitrogens with zero attached hydrogens (tertiary/aromatic N) is 2. The van der Waals surface area contributed by atoms with E-state index in [0.29, 0.717) is 5.69 Å². The Balaban J connectivity index is 1.92. The number of carbonyl (C=O) groups excluding carboxylic acids is 1. The van der Waals surface area contributed by atoms with E-state index in [0.717, 1.165) is 6.07 Å². The largest absolute Gasteiger partial charge is 0.417 e. The second kappa shape index (κ2) is 6.92. The molecule has 2 heterocycles. The normalized spacial score (nSPS) is 11.4. The maximum absolute atomic E-state index is 13.0. The summed E-state index contributed by atoms with van der Waals surface area (Å²) in [7, 11) is 0. The highest BCUT2D eigenvalue weighted by Crippen LogP contribution is 2.41. The van der Waals surface area contributed by atoms with Crippen molar-refractivity contribution in [2.24, 2.45) is 0 Å². The predicted octanol–water partition coefficient (Wildman–Crippen LogP) is 4.55. The standard InChI is InChI=1S/C17H12ClF3N4O2/c1-8-11(7-27-25-8)16(26)24-13-6-5-10(15(22)23-13)9-3-2-4-12(14(9)18)17(19,20)21/h2-7H,1H3,(H3,22,23,24,26). The molecule has 0 saturated heterocycles. The average molecular weight is 397 g/mol. The summed E-state index contributed by atoms with van der Waals surface area (Å²) in [6.07, 6.45) is -3.41. The lowest BCUT2D eigenvalue weighted by molar-refractivity contribution is -0.137. The number of nitrogens with one attached hydrogen (secondary N) is 1. The van der Waals surface area contributed by atoms with Crippen LogP contribution in [-0.2, 0) is 6.18 Å². The fourth-order valence-electron chi connectivity index (χ4n) is 2.43. The average Bonchev–Trinajstić information content (AvgIpc) is 3.01. The first-order valence-corrected chi connectivity index (χ1v) is 7.91. The number of hydrogen-bond acceptors (Lipinski definition) is 5. The van der Waals surface area contributed by atoms with Gasteiger partial charge in [-0.1, -0.05) is 28.9 Å².